The molecule has 0 unspecified atom stereocenters. The molecule has 1 amide bonds. The molecule has 1 fully saturated rings. The molecule has 27 heavy (non-hydrogen) atoms. The Balaban J connectivity index is 1.57. The van der Waals surface area contributed by atoms with Crippen molar-refractivity contribution >= 4 is 49.9 Å². The monoisotopic (exact) mass is 403 g/mol. The minimum atomic E-state index is -0.304. The van der Waals surface area contributed by atoms with Crippen LogP contribution in [0.15, 0.2) is 36.4 Å². The Kier molecular flexibility index (Phi) is 5.15. The molecule has 0 spiro atoms. The van der Waals surface area contributed by atoms with Crippen molar-refractivity contribution in [2.75, 3.05) is 43.6 Å². The Bertz CT molecular complexity index is 985. The first-order valence-electron chi connectivity index (χ1n) is 8.52. The highest BCUT2D eigenvalue weighted by Gasteiger charge is 2.16. The van der Waals surface area contributed by atoms with Gasteiger partial charge in [-0.2, -0.15) is 0 Å². The summed E-state index contributed by atoms with van der Waals surface area (Å²) in [5.74, 6) is 0.162. The van der Waals surface area contributed by atoms with E-state index in [1.807, 2.05) is 6.07 Å². The van der Waals surface area contributed by atoms with E-state index in [0.717, 1.165) is 42.2 Å². The van der Waals surface area contributed by atoms with Gasteiger partial charge in [0.1, 0.15) is 5.75 Å². The molecule has 6 nitrogen and oxygen atoms in total. The molecule has 140 valence electrons. The highest BCUT2D eigenvalue weighted by Crippen LogP contribution is 2.31. The molecule has 4 rings (SSSR count). The molecular formula is C19H18ClN3O3S. The summed E-state index contributed by atoms with van der Waals surface area (Å²) >= 11 is 7.46. The molecule has 1 aliphatic rings. The van der Waals surface area contributed by atoms with Crippen LogP contribution in [0, 0.1) is 0 Å². The second-order valence-electron chi connectivity index (χ2n) is 6.07. The quantitative estimate of drug-likeness (QED) is 0.712. The number of morpholine rings is 1. The van der Waals surface area contributed by atoms with Crippen LogP contribution in [0.3, 0.4) is 0 Å². The van der Waals surface area contributed by atoms with Crippen molar-refractivity contribution in [2.45, 2.75) is 0 Å². The van der Waals surface area contributed by atoms with Crippen LogP contribution in [-0.2, 0) is 4.74 Å². The fourth-order valence-electron chi connectivity index (χ4n) is 3.01. The number of nitrogens with zero attached hydrogens (tertiary/aromatic N) is 2. The third-order valence-corrected chi connectivity index (χ3v) is 5.54. The fraction of sp³-hybridized carbons (Fsp3) is 0.263. The zero-order valence-electron chi connectivity index (χ0n) is 14.7. The predicted molar refractivity (Wildman–Crippen MR) is 109 cm³/mol. The summed E-state index contributed by atoms with van der Waals surface area (Å²) in [6, 6.07) is 11.1. The summed E-state index contributed by atoms with van der Waals surface area (Å²) in [7, 11) is 1.52. The molecule has 1 aromatic heterocycles. The average Bonchev–Trinajstić information content (AvgIpc) is 3.10. The van der Waals surface area contributed by atoms with Gasteiger partial charge in [-0.25, -0.2) is 4.98 Å². The Morgan fingerprint density at radius 1 is 1.26 bits per heavy atom. The number of carbonyl (C=O) groups excluding carboxylic acids is 1. The molecular weight excluding hydrogens is 386 g/mol. The van der Waals surface area contributed by atoms with Gasteiger partial charge >= 0.3 is 0 Å². The van der Waals surface area contributed by atoms with E-state index in [9.17, 15) is 4.79 Å². The van der Waals surface area contributed by atoms with Crippen molar-refractivity contribution in [3.8, 4) is 5.75 Å². The second-order valence-corrected chi connectivity index (χ2v) is 7.54. The lowest BCUT2D eigenvalue weighted by atomic mass is 10.2. The zero-order chi connectivity index (χ0) is 18.8. The summed E-state index contributed by atoms with van der Waals surface area (Å²) in [6.07, 6.45) is 0. The van der Waals surface area contributed by atoms with Gasteiger partial charge in [-0.15, -0.1) is 0 Å². The maximum absolute atomic E-state index is 12.6. The van der Waals surface area contributed by atoms with Gasteiger partial charge in [0.2, 0.25) is 0 Å². The van der Waals surface area contributed by atoms with Crippen LogP contribution in [0.5, 0.6) is 5.75 Å². The number of hydrogen-bond acceptors (Lipinski definition) is 6. The van der Waals surface area contributed by atoms with Crippen molar-refractivity contribution in [3.63, 3.8) is 0 Å². The number of aromatic nitrogens is 1. The van der Waals surface area contributed by atoms with Crippen LogP contribution >= 0.6 is 22.9 Å². The van der Waals surface area contributed by atoms with E-state index in [1.54, 1.807) is 18.2 Å². The summed E-state index contributed by atoms with van der Waals surface area (Å²) in [4.78, 5) is 19.4. The minimum Gasteiger partial charge on any atom is -0.496 e. The van der Waals surface area contributed by atoms with Crippen molar-refractivity contribution in [1.29, 1.82) is 0 Å². The smallest absolute Gasteiger partial charge is 0.261 e. The molecule has 0 atom stereocenters. The van der Waals surface area contributed by atoms with Gasteiger partial charge in [0.15, 0.2) is 5.13 Å². The molecule has 1 N–H and O–H groups in total. The van der Waals surface area contributed by atoms with E-state index in [2.05, 4.69) is 27.3 Å². The van der Waals surface area contributed by atoms with Crippen LogP contribution in [-0.4, -0.2) is 44.3 Å². The van der Waals surface area contributed by atoms with Gasteiger partial charge in [-0.05, 0) is 36.4 Å². The maximum atomic E-state index is 12.6. The Morgan fingerprint density at radius 3 is 2.85 bits per heavy atom. The van der Waals surface area contributed by atoms with Crippen LogP contribution in [0.25, 0.3) is 10.2 Å². The number of halogens is 1. The number of anilines is 2. The molecule has 1 aliphatic heterocycles. The summed E-state index contributed by atoms with van der Waals surface area (Å²) in [5, 5.41) is 3.86. The largest absolute Gasteiger partial charge is 0.496 e. The highest BCUT2D eigenvalue weighted by atomic mass is 35.5. The van der Waals surface area contributed by atoms with E-state index in [-0.39, 0.29) is 5.91 Å². The predicted octanol–water partition coefficient (Wildman–Crippen LogP) is 4.05. The van der Waals surface area contributed by atoms with Gasteiger partial charge in [-0.1, -0.05) is 22.9 Å². The fourth-order valence-corrected chi connectivity index (χ4v) is 4.07. The normalized spacial score (nSPS) is 14.4. The number of thiazole rings is 1. The topological polar surface area (TPSA) is 63.7 Å². The van der Waals surface area contributed by atoms with Crippen molar-refractivity contribution in [2.24, 2.45) is 0 Å². The Hall–Kier alpha value is -2.35. The number of fused-ring (bicyclic) bond motifs is 1. The molecule has 0 radical (unpaired) electrons. The Labute approximate surface area is 165 Å². The van der Waals surface area contributed by atoms with Gasteiger partial charge < -0.3 is 14.4 Å². The van der Waals surface area contributed by atoms with Crippen molar-refractivity contribution in [3.05, 3.63) is 47.0 Å². The molecule has 3 aromatic rings. The summed E-state index contributed by atoms with van der Waals surface area (Å²) in [6.45, 7) is 3.23. The van der Waals surface area contributed by atoms with Gasteiger partial charge in [0, 0.05) is 23.8 Å². The molecule has 0 bridgehead atoms. The first-order chi connectivity index (χ1) is 13.1. The first-order valence-corrected chi connectivity index (χ1v) is 9.71. The molecule has 1 saturated heterocycles. The molecule has 0 saturated carbocycles. The van der Waals surface area contributed by atoms with E-state index < -0.39 is 0 Å². The van der Waals surface area contributed by atoms with Gasteiger partial charge in [0.05, 0.1) is 36.1 Å². The van der Waals surface area contributed by atoms with Crippen LogP contribution in [0.4, 0.5) is 10.8 Å². The standard InChI is InChI=1S/C19H18ClN3O3S/c1-25-16-5-2-12(20)10-14(16)18(24)22-19-21-15-4-3-13(11-17(15)27-19)23-6-8-26-9-7-23/h2-5,10-11H,6-9H2,1H3,(H,21,22,24). The Morgan fingerprint density at radius 2 is 2.07 bits per heavy atom. The van der Waals surface area contributed by atoms with E-state index >= 15 is 0 Å². The second kappa shape index (κ2) is 7.72. The molecule has 2 aromatic carbocycles. The number of nitrogens with one attached hydrogen (secondary N) is 1. The summed E-state index contributed by atoms with van der Waals surface area (Å²) in [5.41, 5.74) is 2.37. The first kappa shape index (κ1) is 18.0. The number of carbonyl (C=O) groups is 1. The molecule has 2 heterocycles. The zero-order valence-corrected chi connectivity index (χ0v) is 16.3. The number of hydrogen-bond donors (Lipinski definition) is 1. The highest BCUT2D eigenvalue weighted by molar-refractivity contribution is 7.22. The van der Waals surface area contributed by atoms with Crippen LogP contribution in [0.1, 0.15) is 10.4 Å². The van der Waals surface area contributed by atoms with E-state index in [0.29, 0.717) is 21.5 Å². The lowest BCUT2D eigenvalue weighted by molar-refractivity contribution is 0.102. The van der Waals surface area contributed by atoms with Crippen LogP contribution in [0.2, 0.25) is 5.02 Å². The number of benzene rings is 2. The van der Waals surface area contributed by atoms with Gasteiger partial charge in [0.25, 0.3) is 5.91 Å². The lowest BCUT2D eigenvalue weighted by Crippen LogP contribution is -2.36. The third kappa shape index (κ3) is 3.85. The lowest BCUT2D eigenvalue weighted by Gasteiger charge is -2.28. The number of amides is 1. The number of ether oxygens (including phenoxy) is 2. The van der Waals surface area contributed by atoms with E-state index in [4.69, 9.17) is 21.1 Å². The number of rotatable bonds is 4. The van der Waals surface area contributed by atoms with Crippen LogP contribution < -0.4 is 15.0 Å². The van der Waals surface area contributed by atoms with E-state index in [1.165, 1.54) is 18.4 Å². The SMILES string of the molecule is COc1ccc(Cl)cc1C(=O)Nc1nc2ccc(N3CCOCC3)cc2s1. The average molecular weight is 404 g/mol. The van der Waals surface area contributed by atoms with Crippen molar-refractivity contribution < 1.29 is 14.3 Å². The minimum absolute atomic E-state index is 0.304. The maximum Gasteiger partial charge on any atom is 0.261 e. The molecule has 8 heteroatoms. The summed E-state index contributed by atoms with van der Waals surface area (Å²) < 4.78 is 11.7. The molecule has 0 aliphatic carbocycles. The van der Waals surface area contributed by atoms with Gasteiger partial charge in [-0.3, -0.25) is 10.1 Å². The van der Waals surface area contributed by atoms with Crippen molar-refractivity contribution in [1.82, 2.24) is 4.98 Å². The number of methoxy groups -OCH3 is 1. The third-order valence-electron chi connectivity index (χ3n) is 4.37.